The van der Waals surface area contributed by atoms with Gasteiger partial charge in [0.1, 0.15) is 41.6 Å². The molecule has 2 amide bonds. The number of nitrogens with zero attached hydrogens (tertiary/aromatic N) is 3. The molecule has 5 atom stereocenters. The fraction of sp³-hybridized carbons (Fsp3) is 0.577. The SMILES string of the molecule is CC[C@@H]1C[C@]1(CC(=O)[C@@H]1C[C@@H](Oc2nccc3cc(OCCOC)ccc23)CN1C(=O)[C@@H](CC(=O)OC(C)(C)C)C(C)(C)C)C(=O)NS(=O)(=O)OC1(C)CC1.COCCOc1ccc2c(Cl)nccc2c1. The topological polar surface area (TPSA) is 208 Å². The van der Waals surface area contributed by atoms with Gasteiger partial charge in [-0.25, -0.2) is 18.9 Å². The third kappa shape index (κ3) is 14.7. The number of benzene rings is 2. The van der Waals surface area contributed by atoms with Gasteiger partial charge in [-0.2, -0.15) is 8.42 Å². The summed E-state index contributed by atoms with van der Waals surface area (Å²) in [5, 5.41) is 3.99. The van der Waals surface area contributed by atoms with Crippen molar-refractivity contribution in [3.8, 4) is 17.4 Å². The summed E-state index contributed by atoms with van der Waals surface area (Å²) < 4.78 is 66.3. The second-order valence-electron chi connectivity index (χ2n) is 20.9. The molecule has 1 saturated heterocycles. The number of pyridine rings is 2. The van der Waals surface area contributed by atoms with Gasteiger partial charge in [-0.3, -0.25) is 19.2 Å². The van der Waals surface area contributed by atoms with E-state index in [1.165, 1.54) is 4.90 Å². The number of methoxy groups -OCH3 is 2. The number of esters is 1. The average Bonchev–Trinajstić information content (AvgIpc) is 4.16. The van der Waals surface area contributed by atoms with Crippen molar-refractivity contribution in [1.29, 1.82) is 0 Å². The maximum Gasteiger partial charge on any atom is 0.362 e. The molecule has 2 saturated carbocycles. The Kier molecular flexibility index (Phi) is 17.7. The molecule has 17 nitrogen and oxygen atoms in total. The van der Waals surface area contributed by atoms with Crippen LogP contribution >= 0.6 is 11.6 Å². The summed E-state index contributed by atoms with van der Waals surface area (Å²) in [4.78, 5) is 65.9. The van der Waals surface area contributed by atoms with Crippen molar-refractivity contribution in [1.82, 2.24) is 19.6 Å². The molecule has 2 aliphatic carbocycles. The predicted molar refractivity (Wildman–Crippen MR) is 267 cm³/mol. The highest BCUT2D eigenvalue weighted by Gasteiger charge is 2.62. The Morgan fingerprint density at radius 3 is 2.00 bits per heavy atom. The van der Waals surface area contributed by atoms with Gasteiger partial charge in [0.25, 0.3) is 0 Å². The molecule has 71 heavy (non-hydrogen) atoms. The van der Waals surface area contributed by atoms with E-state index in [0.29, 0.717) is 74.3 Å². The maximum absolute atomic E-state index is 14.6. The predicted octanol–water partition coefficient (Wildman–Crippen LogP) is 8.22. The lowest BCUT2D eigenvalue weighted by molar-refractivity contribution is -0.161. The van der Waals surface area contributed by atoms with Crippen LogP contribution in [0.5, 0.6) is 17.4 Å². The van der Waals surface area contributed by atoms with Crippen LogP contribution in [-0.4, -0.2) is 117 Å². The molecule has 1 N–H and O–H groups in total. The smallest absolute Gasteiger partial charge is 0.362 e. The number of nitrogens with one attached hydrogen (secondary N) is 1. The van der Waals surface area contributed by atoms with Crippen LogP contribution in [0.25, 0.3) is 21.5 Å². The molecular weight excluding hydrogens is 956 g/mol. The van der Waals surface area contributed by atoms with Crippen molar-refractivity contribution in [3.05, 3.63) is 66.1 Å². The number of hydrogen-bond donors (Lipinski definition) is 1. The van der Waals surface area contributed by atoms with Gasteiger partial charge in [0.2, 0.25) is 17.7 Å². The molecule has 1 aliphatic heterocycles. The second kappa shape index (κ2) is 22.7. The largest absolute Gasteiger partial charge is 0.491 e. The van der Waals surface area contributed by atoms with Gasteiger partial charge in [-0.15, -0.1) is 0 Å². The fourth-order valence-electron chi connectivity index (χ4n) is 8.79. The number of carbonyl (C=O) groups is 4. The van der Waals surface area contributed by atoms with Crippen LogP contribution in [0, 0.1) is 22.7 Å². The molecule has 0 spiro atoms. The molecule has 7 rings (SSSR count). The summed E-state index contributed by atoms with van der Waals surface area (Å²) in [5.74, 6) is -1.46. The highest BCUT2D eigenvalue weighted by atomic mass is 35.5. The Morgan fingerprint density at radius 1 is 0.859 bits per heavy atom. The molecule has 0 unspecified atom stereocenters. The van der Waals surface area contributed by atoms with Crippen LogP contribution in [0.3, 0.4) is 0 Å². The number of fused-ring (bicyclic) bond motifs is 2. The third-order valence-corrected chi connectivity index (χ3v) is 14.3. The van der Waals surface area contributed by atoms with Gasteiger partial charge < -0.3 is 33.3 Å². The first kappa shape index (κ1) is 55.2. The van der Waals surface area contributed by atoms with Gasteiger partial charge in [0, 0.05) is 50.2 Å². The van der Waals surface area contributed by atoms with E-state index in [9.17, 15) is 27.6 Å². The lowest BCUT2D eigenvalue weighted by atomic mass is 9.77. The molecule has 19 heteroatoms. The lowest BCUT2D eigenvalue weighted by Gasteiger charge is -2.35. The van der Waals surface area contributed by atoms with E-state index in [-0.39, 0.29) is 31.7 Å². The monoisotopic (exact) mass is 1020 g/mol. The highest BCUT2D eigenvalue weighted by Crippen LogP contribution is 2.58. The highest BCUT2D eigenvalue weighted by molar-refractivity contribution is 7.85. The summed E-state index contributed by atoms with van der Waals surface area (Å²) in [6, 6.07) is 13.9. The quantitative estimate of drug-likeness (QED) is 0.0474. The zero-order chi connectivity index (χ0) is 51.9. The summed E-state index contributed by atoms with van der Waals surface area (Å²) >= 11 is 5.96. The number of Topliss-reactive ketones (excluding diaryl/α,β-unsaturated/α-hetero) is 1. The third-order valence-electron chi connectivity index (χ3n) is 13.0. The minimum atomic E-state index is -4.41. The maximum atomic E-state index is 14.6. The van der Waals surface area contributed by atoms with Crippen LogP contribution in [-0.2, 0) is 47.9 Å². The number of amides is 2. The van der Waals surface area contributed by atoms with E-state index in [4.69, 9.17) is 44.2 Å². The van der Waals surface area contributed by atoms with E-state index >= 15 is 0 Å². The minimum absolute atomic E-state index is 0.0175. The van der Waals surface area contributed by atoms with E-state index < -0.39 is 74.0 Å². The number of carbonyl (C=O) groups excluding carboxylic acids is 4. The second-order valence-corrected chi connectivity index (χ2v) is 22.5. The number of hydrogen-bond acceptors (Lipinski definition) is 15. The Hall–Kier alpha value is -5.14. The Labute approximate surface area is 422 Å². The van der Waals surface area contributed by atoms with Gasteiger partial charge in [-0.05, 0) is 118 Å². The fourth-order valence-corrected chi connectivity index (χ4v) is 10.2. The zero-order valence-corrected chi connectivity index (χ0v) is 44.1. The molecule has 0 bridgehead atoms. The molecule has 3 aliphatic rings. The van der Waals surface area contributed by atoms with Crippen molar-refractivity contribution in [2.45, 2.75) is 124 Å². The number of likely N-dealkylation sites (tertiary alicyclic amines) is 1. The number of halogens is 1. The molecule has 2 aromatic carbocycles. The Bertz CT molecular complexity index is 2670. The van der Waals surface area contributed by atoms with E-state index in [2.05, 4.69) is 14.7 Å². The molecule has 2 aromatic heterocycles. The lowest BCUT2D eigenvalue weighted by Crippen LogP contribution is -2.49. The van der Waals surface area contributed by atoms with E-state index in [0.717, 1.165) is 21.9 Å². The summed E-state index contributed by atoms with van der Waals surface area (Å²) in [7, 11) is -1.17. The number of ketones is 1. The van der Waals surface area contributed by atoms with Gasteiger partial charge >= 0.3 is 16.3 Å². The number of aromatic nitrogens is 2. The van der Waals surface area contributed by atoms with Gasteiger partial charge in [0.05, 0.1) is 49.2 Å². The van der Waals surface area contributed by atoms with Gasteiger partial charge in [-0.1, -0.05) is 45.7 Å². The zero-order valence-electron chi connectivity index (χ0n) is 42.5. The normalized spacial score (nSPS) is 20.9. The molecular formula is C52H69ClN4O13S. The van der Waals surface area contributed by atoms with Crippen molar-refractivity contribution >= 4 is 67.0 Å². The van der Waals surface area contributed by atoms with Crippen molar-refractivity contribution in [2.75, 3.05) is 47.2 Å². The van der Waals surface area contributed by atoms with Crippen LogP contribution in [0.1, 0.15) is 100 Å². The first-order valence-electron chi connectivity index (χ1n) is 24.1. The van der Waals surface area contributed by atoms with Crippen LogP contribution in [0.15, 0.2) is 60.9 Å². The van der Waals surface area contributed by atoms with Crippen molar-refractivity contribution in [3.63, 3.8) is 0 Å². The van der Waals surface area contributed by atoms with Crippen molar-refractivity contribution in [2.24, 2.45) is 22.7 Å². The van der Waals surface area contributed by atoms with Crippen LogP contribution in [0.2, 0.25) is 5.15 Å². The average molecular weight is 1030 g/mol. The summed E-state index contributed by atoms with van der Waals surface area (Å²) in [6.07, 6.45) is 4.20. The first-order chi connectivity index (χ1) is 33.4. The van der Waals surface area contributed by atoms with Gasteiger partial charge in [0.15, 0.2) is 5.78 Å². The molecule has 4 aromatic rings. The number of rotatable bonds is 21. The summed E-state index contributed by atoms with van der Waals surface area (Å²) in [5.41, 5.74) is -3.58. The molecule has 388 valence electrons. The first-order valence-corrected chi connectivity index (χ1v) is 25.8. The Balaban J connectivity index is 0.000000434. The number of ether oxygens (including phenoxy) is 6. The Morgan fingerprint density at radius 2 is 1.45 bits per heavy atom. The molecule has 3 fully saturated rings. The summed E-state index contributed by atoms with van der Waals surface area (Å²) in [6.45, 7) is 16.3. The van der Waals surface area contributed by atoms with Crippen molar-refractivity contribution < 1.29 is 60.2 Å². The van der Waals surface area contributed by atoms with E-state index in [1.807, 2.05) is 70.2 Å². The van der Waals surface area contributed by atoms with Crippen LogP contribution in [0.4, 0.5) is 0 Å². The van der Waals surface area contributed by atoms with E-state index in [1.54, 1.807) is 60.4 Å². The minimum Gasteiger partial charge on any atom is -0.491 e. The molecule has 0 radical (unpaired) electrons. The molecule has 3 heterocycles. The standard InChI is InChI=1S/C40H57N3O11S.C12H12ClNO2/c1-10-26-22-40(26,36(47)42-55(48,49)54-39(8)14-15-39)23-32(44)31-20-28(24-43(31)35(46)30(37(2,3)4)21-33(45)53-38(5,6)7)52-34-29-12-11-27(51-18-17-50-9)19-25(29)13-16-41-34;1-15-6-7-16-10-2-3-11-9(8-10)4-5-14-12(11)13/h11-13,16,19,26,28,30-31H,10,14-15,17-18,20-24H2,1-9H3,(H,42,47);2-5,8H,6-7H2,1H3/t26-,28-,30-,31+,40-;/m1./s1. The van der Waals surface area contributed by atoms with Crippen LogP contribution < -0.4 is 18.9 Å².